The minimum Gasteiger partial charge on any atom is -0.448 e. The van der Waals surface area contributed by atoms with Crippen LogP contribution in [0.25, 0.3) is 0 Å². The van der Waals surface area contributed by atoms with Crippen LogP contribution in [0.3, 0.4) is 0 Å². The standard InChI is InChI=1S/C13H9BrClNO4/c14-9-4-5-12(8(6-9)7-17)20-13-10(15)2-1-3-11(13)16(18)19/h1-6,17H,7H2. The third-order valence-electron chi connectivity index (χ3n) is 2.55. The zero-order chi connectivity index (χ0) is 14.7. The molecule has 0 aliphatic carbocycles. The zero-order valence-electron chi connectivity index (χ0n) is 10.0. The number of rotatable bonds is 4. The number of para-hydroxylation sites is 1. The summed E-state index contributed by atoms with van der Waals surface area (Å²) in [7, 11) is 0. The maximum Gasteiger partial charge on any atom is 0.313 e. The molecular formula is C13H9BrClNO4. The largest absolute Gasteiger partial charge is 0.448 e. The maximum absolute atomic E-state index is 11.0. The van der Waals surface area contributed by atoms with E-state index in [1.54, 1.807) is 18.2 Å². The molecule has 2 rings (SSSR count). The molecule has 2 aromatic rings. The van der Waals surface area contributed by atoms with Gasteiger partial charge in [-0.2, -0.15) is 0 Å². The molecule has 0 atom stereocenters. The van der Waals surface area contributed by atoms with E-state index in [0.29, 0.717) is 11.3 Å². The van der Waals surface area contributed by atoms with E-state index in [9.17, 15) is 15.2 Å². The number of benzene rings is 2. The Bertz CT molecular complexity index is 663. The van der Waals surface area contributed by atoms with Gasteiger partial charge in [-0.15, -0.1) is 0 Å². The Morgan fingerprint density at radius 3 is 2.75 bits per heavy atom. The highest BCUT2D eigenvalue weighted by molar-refractivity contribution is 9.10. The first kappa shape index (κ1) is 14.8. The van der Waals surface area contributed by atoms with E-state index in [1.807, 2.05) is 0 Å². The summed E-state index contributed by atoms with van der Waals surface area (Å²) in [6, 6.07) is 9.25. The van der Waals surface area contributed by atoms with Gasteiger partial charge in [-0.05, 0) is 24.3 Å². The van der Waals surface area contributed by atoms with Crippen molar-refractivity contribution in [3.63, 3.8) is 0 Å². The van der Waals surface area contributed by atoms with Crippen LogP contribution in [-0.4, -0.2) is 10.0 Å². The summed E-state index contributed by atoms with van der Waals surface area (Å²) in [4.78, 5) is 10.4. The molecule has 0 unspecified atom stereocenters. The molecule has 0 radical (unpaired) electrons. The van der Waals surface area contributed by atoms with Gasteiger partial charge >= 0.3 is 5.69 Å². The third kappa shape index (κ3) is 3.09. The summed E-state index contributed by atoms with van der Waals surface area (Å²) in [6.07, 6.45) is 0. The predicted octanol–water partition coefficient (Wildman–Crippen LogP) is 4.30. The van der Waals surface area contributed by atoms with Gasteiger partial charge in [0, 0.05) is 16.1 Å². The number of ether oxygens (including phenoxy) is 1. The Balaban J connectivity index is 2.47. The molecule has 7 heteroatoms. The molecule has 0 spiro atoms. The van der Waals surface area contributed by atoms with E-state index < -0.39 is 4.92 Å². The zero-order valence-corrected chi connectivity index (χ0v) is 12.4. The van der Waals surface area contributed by atoms with Gasteiger partial charge in [0.15, 0.2) is 0 Å². The lowest BCUT2D eigenvalue weighted by molar-refractivity contribution is -0.385. The molecular weight excluding hydrogens is 350 g/mol. The van der Waals surface area contributed by atoms with Crippen molar-refractivity contribution in [3.05, 3.63) is 61.6 Å². The number of aliphatic hydroxyl groups excluding tert-OH is 1. The van der Waals surface area contributed by atoms with Gasteiger partial charge in [-0.25, -0.2) is 0 Å². The van der Waals surface area contributed by atoms with E-state index in [1.165, 1.54) is 18.2 Å². The van der Waals surface area contributed by atoms with Crippen LogP contribution < -0.4 is 4.74 Å². The van der Waals surface area contributed by atoms with Gasteiger partial charge in [-0.1, -0.05) is 33.6 Å². The SMILES string of the molecule is O=[N+]([O-])c1cccc(Cl)c1Oc1ccc(Br)cc1CO. The minimum atomic E-state index is -0.571. The second-order valence-electron chi connectivity index (χ2n) is 3.86. The van der Waals surface area contributed by atoms with Crippen molar-refractivity contribution in [2.45, 2.75) is 6.61 Å². The fourth-order valence-electron chi connectivity index (χ4n) is 1.62. The lowest BCUT2D eigenvalue weighted by Gasteiger charge is -2.11. The summed E-state index contributed by atoms with van der Waals surface area (Å²) in [5.41, 5.74) is 0.262. The molecule has 0 saturated heterocycles. The van der Waals surface area contributed by atoms with Crippen LogP contribution in [0.15, 0.2) is 40.9 Å². The third-order valence-corrected chi connectivity index (χ3v) is 3.34. The first-order valence-electron chi connectivity index (χ1n) is 5.53. The fourth-order valence-corrected chi connectivity index (χ4v) is 2.24. The number of halogens is 2. The number of nitro benzene ring substituents is 1. The van der Waals surface area contributed by atoms with Crippen LogP contribution in [0.1, 0.15) is 5.56 Å². The smallest absolute Gasteiger partial charge is 0.313 e. The molecule has 0 aromatic heterocycles. The van der Waals surface area contributed by atoms with Gasteiger partial charge in [-0.3, -0.25) is 10.1 Å². The van der Waals surface area contributed by atoms with E-state index in [-0.39, 0.29) is 23.1 Å². The molecule has 0 heterocycles. The van der Waals surface area contributed by atoms with Gasteiger partial charge < -0.3 is 9.84 Å². The van der Waals surface area contributed by atoms with E-state index in [2.05, 4.69) is 15.9 Å². The average molecular weight is 359 g/mol. The Hall–Kier alpha value is -1.63. The van der Waals surface area contributed by atoms with Crippen molar-refractivity contribution in [3.8, 4) is 11.5 Å². The number of hydrogen-bond donors (Lipinski definition) is 1. The first-order chi connectivity index (χ1) is 9.52. The monoisotopic (exact) mass is 357 g/mol. The van der Waals surface area contributed by atoms with Gasteiger partial charge in [0.2, 0.25) is 5.75 Å². The van der Waals surface area contributed by atoms with E-state index in [0.717, 1.165) is 4.47 Å². The summed E-state index contributed by atoms with van der Waals surface area (Å²) < 4.78 is 6.29. The number of aliphatic hydroxyl groups is 1. The average Bonchev–Trinajstić information content (AvgIpc) is 2.42. The molecule has 0 fully saturated rings. The number of hydrogen-bond acceptors (Lipinski definition) is 4. The van der Waals surface area contributed by atoms with Crippen LogP contribution >= 0.6 is 27.5 Å². The number of nitro groups is 1. The summed E-state index contributed by atoms with van der Waals surface area (Å²) in [6.45, 7) is -0.257. The molecule has 0 saturated carbocycles. The molecule has 0 amide bonds. The Kier molecular flexibility index (Phi) is 4.59. The molecule has 0 aliphatic rings. The second-order valence-corrected chi connectivity index (χ2v) is 5.18. The molecule has 104 valence electrons. The molecule has 5 nitrogen and oxygen atoms in total. The van der Waals surface area contributed by atoms with E-state index in [4.69, 9.17) is 16.3 Å². The van der Waals surface area contributed by atoms with Crippen molar-refractivity contribution in [2.75, 3.05) is 0 Å². The molecule has 0 bridgehead atoms. The summed E-state index contributed by atoms with van der Waals surface area (Å²) in [5, 5.41) is 20.4. The van der Waals surface area contributed by atoms with Crippen molar-refractivity contribution < 1.29 is 14.8 Å². The lowest BCUT2D eigenvalue weighted by atomic mass is 10.2. The lowest BCUT2D eigenvalue weighted by Crippen LogP contribution is -1.96. The topological polar surface area (TPSA) is 72.6 Å². The summed E-state index contributed by atoms with van der Waals surface area (Å²) in [5.74, 6) is 0.267. The van der Waals surface area contributed by atoms with Crippen molar-refractivity contribution in [2.24, 2.45) is 0 Å². The molecule has 20 heavy (non-hydrogen) atoms. The van der Waals surface area contributed by atoms with Crippen LogP contribution in [0.4, 0.5) is 5.69 Å². The van der Waals surface area contributed by atoms with Crippen molar-refractivity contribution >= 4 is 33.2 Å². The highest BCUT2D eigenvalue weighted by Crippen LogP contribution is 2.39. The highest BCUT2D eigenvalue weighted by atomic mass is 79.9. The fraction of sp³-hybridized carbons (Fsp3) is 0.0769. The van der Waals surface area contributed by atoms with Crippen molar-refractivity contribution in [1.29, 1.82) is 0 Å². The number of nitrogens with zero attached hydrogens (tertiary/aromatic N) is 1. The van der Waals surface area contributed by atoms with Crippen LogP contribution in [0.2, 0.25) is 5.02 Å². The van der Waals surface area contributed by atoms with Crippen LogP contribution in [0, 0.1) is 10.1 Å². The van der Waals surface area contributed by atoms with Crippen LogP contribution in [0.5, 0.6) is 11.5 Å². The normalized spacial score (nSPS) is 10.3. The van der Waals surface area contributed by atoms with Gasteiger partial charge in [0.1, 0.15) is 5.75 Å². The van der Waals surface area contributed by atoms with Gasteiger partial charge in [0.05, 0.1) is 16.6 Å². The highest BCUT2D eigenvalue weighted by Gasteiger charge is 2.20. The molecule has 1 N–H and O–H groups in total. The van der Waals surface area contributed by atoms with Crippen LogP contribution in [-0.2, 0) is 6.61 Å². The molecule has 0 aliphatic heterocycles. The minimum absolute atomic E-state index is 0.0452. The van der Waals surface area contributed by atoms with Crippen molar-refractivity contribution in [1.82, 2.24) is 0 Å². The van der Waals surface area contributed by atoms with Gasteiger partial charge in [0.25, 0.3) is 0 Å². The first-order valence-corrected chi connectivity index (χ1v) is 6.70. The van der Waals surface area contributed by atoms with E-state index >= 15 is 0 Å². The maximum atomic E-state index is 11.0. The Morgan fingerprint density at radius 1 is 1.35 bits per heavy atom. The molecule has 2 aromatic carbocycles. The Labute approximate surface area is 128 Å². The summed E-state index contributed by atoms with van der Waals surface area (Å²) >= 11 is 9.22. The quantitative estimate of drug-likeness (QED) is 0.653. The predicted molar refractivity (Wildman–Crippen MR) is 78.2 cm³/mol. The Morgan fingerprint density at radius 2 is 2.10 bits per heavy atom. The second kappa shape index (κ2) is 6.21.